The van der Waals surface area contributed by atoms with Gasteiger partial charge in [-0.2, -0.15) is 0 Å². The second-order valence-corrected chi connectivity index (χ2v) is 5.90. The van der Waals surface area contributed by atoms with E-state index in [2.05, 4.69) is 40.3 Å². The fraction of sp³-hybridized carbons (Fsp3) is 0.111. The molecule has 2 rings (SSSR count). The predicted octanol–water partition coefficient (Wildman–Crippen LogP) is 4.88. The van der Waals surface area contributed by atoms with Crippen LogP contribution in [0.3, 0.4) is 0 Å². The second kappa shape index (κ2) is 3.96. The molecular weight excluding hydrogens is 335 g/mol. The first-order valence-electron chi connectivity index (χ1n) is 3.62. The molecule has 0 nitrogen and oxygen atoms in total. The van der Waals surface area contributed by atoms with Gasteiger partial charge in [-0.05, 0) is 41.0 Å². The minimum Gasteiger partial charge on any atom is -0.143 e. The number of benzene rings is 1. The fourth-order valence-electron chi connectivity index (χ4n) is 1.16. The molecule has 68 valence electrons. The van der Waals surface area contributed by atoms with E-state index in [4.69, 9.17) is 11.6 Å². The molecule has 1 heterocycles. The summed E-state index contributed by atoms with van der Waals surface area (Å²) in [5.74, 6) is 0. The Kier molecular flexibility index (Phi) is 3.07. The minimum atomic E-state index is 0.850. The van der Waals surface area contributed by atoms with Crippen LogP contribution >= 0.6 is 57.3 Å². The Balaban J connectivity index is 2.77. The highest BCUT2D eigenvalue weighted by atomic mass is 127. The van der Waals surface area contributed by atoms with Crippen molar-refractivity contribution in [3.8, 4) is 0 Å². The fourth-order valence-corrected chi connectivity index (χ4v) is 3.68. The van der Waals surface area contributed by atoms with Crippen LogP contribution < -0.4 is 0 Å². The molecule has 13 heavy (non-hydrogen) atoms. The largest absolute Gasteiger partial charge is 0.143 e. The SMILES string of the molecule is CSc1csc2cc(Cl)c(I)cc12. The number of hydrogen-bond donors (Lipinski definition) is 0. The summed E-state index contributed by atoms with van der Waals surface area (Å²) in [6.07, 6.45) is 2.10. The lowest BCUT2D eigenvalue weighted by atomic mass is 10.3. The zero-order valence-electron chi connectivity index (χ0n) is 6.80. The highest BCUT2D eigenvalue weighted by Gasteiger charge is 2.06. The third kappa shape index (κ3) is 1.84. The van der Waals surface area contributed by atoms with E-state index >= 15 is 0 Å². The normalized spacial score (nSPS) is 11.0. The summed E-state index contributed by atoms with van der Waals surface area (Å²) in [5.41, 5.74) is 0. The lowest BCUT2D eigenvalue weighted by Gasteiger charge is -1.97. The first kappa shape index (κ1) is 10.1. The van der Waals surface area contributed by atoms with Crippen molar-refractivity contribution in [1.82, 2.24) is 0 Å². The molecule has 0 saturated heterocycles. The van der Waals surface area contributed by atoms with Crippen molar-refractivity contribution in [3.05, 3.63) is 26.1 Å². The van der Waals surface area contributed by atoms with E-state index < -0.39 is 0 Å². The Morgan fingerprint density at radius 1 is 1.46 bits per heavy atom. The number of rotatable bonds is 1. The molecule has 2 aromatic rings. The van der Waals surface area contributed by atoms with Gasteiger partial charge < -0.3 is 0 Å². The molecule has 0 fully saturated rings. The highest BCUT2D eigenvalue weighted by molar-refractivity contribution is 14.1. The summed E-state index contributed by atoms with van der Waals surface area (Å²) in [5, 5.41) is 4.36. The van der Waals surface area contributed by atoms with Gasteiger partial charge >= 0.3 is 0 Å². The van der Waals surface area contributed by atoms with Crippen LogP contribution in [-0.4, -0.2) is 6.26 Å². The predicted molar refractivity (Wildman–Crippen MR) is 71.3 cm³/mol. The molecule has 0 radical (unpaired) electrons. The van der Waals surface area contributed by atoms with Crippen LogP contribution in [0.5, 0.6) is 0 Å². The van der Waals surface area contributed by atoms with Gasteiger partial charge in [-0.15, -0.1) is 23.1 Å². The van der Waals surface area contributed by atoms with Gasteiger partial charge in [-0.3, -0.25) is 0 Å². The Labute approximate surface area is 104 Å². The summed E-state index contributed by atoms with van der Waals surface area (Å²) in [7, 11) is 0. The van der Waals surface area contributed by atoms with E-state index in [1.165, 1.54) is 15.0 Å². The molecule has 1 aromatic carbocycles. The van der Waals surface area contributed by atoms with E-state index in [0.29, 0.717) is 0 Å². The molecule has 0 aliphatic heterocycles. The maximum Gasteiger partial charge on any atom is 0.0553 e. The molecule has 0 atom stereocenters. The molecule has 4 heteroatoms. The van der Waals surface area contributed by atoms with Crippen LogP contribution in [0.1, 0.15) is 0 Å². The van der Waals surface area contributed by atoms with Crippen molar-refractivity contribution >= 4 is 67.4 Å². The molecule has 0 saturated carbocycles. The Bertz CT molecular complexity index is 450. The Morgan fingerprint density at radius 2 is 2.23 bits per heavy atom. The Morgan fingerprint density at radius 3 is 2.92 bits per heavy atom. The summed E-state index contributed by atoms with van der Waals surface area (Å²) in [4.78, 5) is 1.34. The third-order valence-electron chi connectivity index (χ3n) is 1.80. The number of fused-ring (bicyclic) bond motifs is 1. The van der Waals surface area contributed by atoms with E-state index in [9.17, 15) is 0 Å². The first-order valence-corrected chi connectivity index (χ1v) is 7.18. The molecule has 0 bridgehead atoms. The maximum absolute atomic E-state index is 6.03. The number of thioether (sulfide) groups is 1. The van der Waals surface area contributed by atoms with Crippen molar-refractivity contribution in [3.63, 3.8) is 0 Å². The molecular formula is C9H6ClIS2. The van der Waals surface area contributed by atoms with E-state index in [-0.39, 0.29) is 0 Å². The van der Waals surface area contributed by atoms with Crippen LogP contribution in [0.2, 0.25) is 5.02 Å². The monoisotopic (exact) mass is 340 g/mol. The van der Waals surface area contributed by atoms with Gasteiger partial charge in [0, 0.05) is 23.9 Å². The maximum atomic E-state index is 6.03. The van der Waals surface area contributed by atoms with Crippen molar-refractivity contribution in [2.75, 3.05) is 6.26 Å². The van der Waals surface area contributed by atoms with Gasteiger partial charge in [0.2, 0.25) is 0 Å². The number of hydrogen-bond acceptors (Lipinski definition) is 2. The summed E-state index contributed by atoms with van der Waals surface area (Å²) >= 11 is 11.8. The second-order valence-electron chi connectivity index (χ2n) is 2.57. The van der Waals surface area contributed by atoms with E-state index in [1.807, 2.05) is 6.07 Å². The first-order chi connectivity index (χ1) is 6.22. The molecule has 0 amide bonds. The minimum absolute atomic E-state index is 0.850. The summed E-state index contributed by atoms with van der Waals surface area (Å²) < 4.78 is 2.40. The third-order valence-corrected chi connectivity index (χ3v) is 5.20. The molecule has 0 aliphatic carbocycles. The number of halogens is 2. The zero-order chi connectivity index (χ0) is 9.42. The average Bonchev–Trinajstić information content (AvgIpc) is 2.48. The highest BCUT2D eigenvalue weighted by Crippen LogP contribution is 2.35. The van der Waals surface area contributed by atoms with Crippen LogP contribution in [0.4, 0.5) is 0 Å². The zero-order valence-corrected chi connectivity index (χ0v) is 11.4. The van der Waals surface area contributed by atoms with Crippen LogP contribution in [0, 0.1) is 3.57 Å². The van der Waals surface area contributed by atoms with E-state index in [1.54, 1.807) is 23.1 Å². The van der Waals surface area contributed by atoms with Gasteiger partial charge in [-0.1, -0.05) is 11.6 Å². The van der Waals surface area contributed by atoms with Crippen molar-refractivity contribution in [2.45, 2.75) is 4.90 Å². The van der Waals surface area contributed by atoms with Crippen molar-refractivity contribution in [2.24, 2.45) is 0 Å². The van der Waals surface area contributed by atoms with Gasteiger partial charge in [0.1, 0.15) is 0 Å². The average molecular weight is 341 g/mol. The molecule has 0 unspecified atom stereocenters. The molecule has 1 aromatic heterocycles. The summed E-state index contributed by atoms with van der Waals surface area (Å²) in [6, 6.07) is 4.20. The van der Waals surface area contributed by atoms with Gasteiger partial charge in [0.25, 0.3) is 0 Å². The molecule has 0 N–H and O–H groups in total. The van der Waals surface area contributed by atoms with Gasteiger partial charge in [0.05, 0.1) is 5.02 Å². The topological polar surface area (TPSA) is 0 Å². The van der Waals surface area contributed by atoms with Crippen LogP contribution in [-0.2, 0) is 0 Å². The van der Waals surface area contributed by atoms with E-state index in [0.717, 1.165) is 8.59 Å². The smallest absolute Gasteiger partial charge is 0.0553 e. The molecule has 0 aliphatic rings. The van der Waals surface area contributed by atoms with Crippen LogP contribution in [0.15, 0.2) is 22.4 Å². The lowest BCUT2D eigenvalue weighted by Crippen LogP contribution is -1.73. The quantitative estimate of drug-likeness (QED) is 0.526. The molecule has 0 spiro atoms. The van der Waals surface area contributed by atoms with Gasteiger partial charge in [0.15, 0.2) is 0 Å². The lowest BCUT2D eigenvalue weighted by molar-refractivity contribution is 1.64. The van der Waals surface area contributed by atoms with Crippen molar-refractivity contribution < 1.29 is 0 Å². The standard InChI is InChI=1S/C9H6ClIS2/c1-12-9-4-13-8-3-6(10)7(11)2-5(8)9/h2-4H,1H3. The Hall–Kier alpha value is 0.550. The van der Waals surface area contributed by atoms with Crippen LogP contribution in [0.25, 0.3) is 10.1 Å². The number of thiophene rings is 1. The van der Waals surface area contributed by atoms with Gasteiger partial charge in [-0.25, -0.2) is 0 Å². The summed E-state index contributed by atoms with van der Waals surface area (Å²) in [6.45, 7) is 0. The van der Waals surface area contributed by atoms with Crippen molar-refractivity contribution in [1.29, 1.82) is 0 Å².